The van der Waals surface area contributed by atoms with Crippen LogP contribution in [0.4, 0.5) is 0 Å². The Labute approximate surface area is 246 Å². The molecule has 2 saturated heterocycles. The number of carbonyl (C=O) groups is 1. The second-order valence-electron chi connectivity index (χ2n) is 11.0. The van der Waals surface area contributed by atoms with Crippen molar-refractivity contribution >= 4 is 5.78 Å². The molecule has 2 fully saturated rings. The number of fused-ring (bicyclic) bond motifs is 1. The molecule has 9 atom stereocenters. The molecule has 0 spiro atoms. The number of methoxy groups -OCH3 is 1. The molecule has 7 N–H and O–H groups in total. The quantitative estimate of drug-likeness (QED) is 0.199. The molecule has 2 aromatic carbocycles. The molecule has 2 aromatic rings. The van der Waals surface area contributed by atoms with E-state index < -0.39 is 68.0 Å². The van der Waals surface area contributed by atoms with Crippen molar-refractivity contribution in [1.29, 1.82) is 0 Å². The number of hydrogen-bond acceptors (Lipinski definition) is 14. The summed E-state index contributed by atoms with van der Waals surface area (Å²) >= 11 is 0. The van der Waals surface area contributed by atoms with Crippen LogP contribution in [0, 0.1) is 13.8 Å². The fourth-order valence-electron chi connectivity index (χ4n) is 5.50. The van der Waals surface area contributed by atoms with Crippen molar-refractivity contribution in [3.8, 4) is 23.0 Å². The third kappa shape index (κ3) is 5.66. The van der Waals surface area contributed by atoms with Gasteiger partial charge in [-0.3, -0.25) is 4.79 Å². The second-order valence-corrected chi connectivity index (χ2v) is 11.0. The molecular formula is C29H36O14. The first kappa shape index (κ1) is 31.4. The molecular weight excluding hydrogens is 572 g/mol. The van der Waals surface area contributed by atoms with Gasteiger partial charge in [0.1, 0.15) is 70.8 Å². The monoisotopic (exact) mass is 608 g/mol. The number of phenols is 1. The SMILES string of the molecule is COc1c(C)c(O)c2c(c1C)OC(c1ccc(O[C@@H]3O[C@H](CO[C@@H]4OC[C@](O)(CO)[C@H]4O)[C@@H](O)[C@H](O)[C@H]3O)cc1)CC2=O. The zero-order chi connectivity index (χ0) is 31.2. The van der Waals surface area contributed by atoms with E-state index in [2.05, 4.69) is 0 Å². The summed E-state index contributed by atoms with van der Waals surface area (Å²) in [6, 6.07) is 6.41. The normalized spacial score (nSPS) is 34.0. The van der Waals surface area contributed by atoms with E-state index in [0.29, 0.717) is 22.4 Å². The lowest BCUT2D eigenvalue weighted by Crippen LogP contribution is -2.60. The largest absolute Gasteiger partial charge is 0.507 e. The number of aliphatic hydroxyl groups is 6. The van der Waals surface area contributed by atoms with Crippen LogP contribution in [0.15, 0.2) is 24.3 Å². The zero-order valence-corrected chi connectivity index (χ0v) is 23.7. The van der Waals surface area contributed by atoms with E-state index in [4.69, 9.17) is 28.4 Å². The first-order valence-electron chi connectivity index (χ1n) is 13.7. The minimum atomic E-state index is -1.91. The van der Waals surface area contributed by atoms with Crippen molar-refractivity contribution in [1.82, 2.24) is 0 Å². The Kier molecular flexibility index (Phi) is 8.87. The van der Waals surface area contributed by atoms with Gasteiger partial charge < -0.3 is 64.2 Å². The Morgan fingerprint density at radius 3 is 2.33 bits per heavy atom. The van der Waals surface area contributed by atoms with Crippen LogP contribution in [-0.4, -0.2) is 117 Å². The first-order chi connectivity index (χ1) is 20.4. The van der Waals surface area contributed by atoms with Crippen LogP contribution in [0.1, 0.15) is 39.6 Å². The van der Waals surface area contributed by atoms with E-state index in [9.17, 15) is 40.5 Å². The smallest absolute Gasteiger partial charge is 0.229 e. The fraction of sp³-hybridized carbons (Fsp3) is 0.552. The van der Waals surface area contributed by atoms with Crippen molar-refractivity contribution in [2.75, 3.05) is 26.9 Å². The average Bonchev–Trinajstić information content (AvgIpc) is 3.29. The highest BCUT2D eigenvalue weighted by molar-refractivity contribution is 6.03. The number of ketones is 1. The number of benzene rings is 2. The third-order valence-electron chi connectivity index (χ3n) is 8.13. The molecule has 236 valence electrons. The van der Waals surface area contributed by atoms with Crippen molar-refractivity contribution in [3.63, 3.8) is 0 Å². The molecule has 14 nitrogen and oxygen atoms in total. The van der Waals surface area contributed by atoms with Gasteiger partial charge >= 0.3 is 0 Å². The van der Waals surface area contributed by atoms with E-state index in [1.807, 2.05) is 0 Å². The maximum absolute atomic E-state index is 13.0. The molecule has 3 aliphatic heterocycles. The molecule has 1 unspecified atom stereocenters. The van der Waals surface area contributed by atoms with Crippen LogP contribution in [-0.2, 0) is 14.2 Å². The summed E-state index contributed by atoms with van der Waals surface area (Å²) in [5.74, 6) is 0.443. The summed E-state index contributed by atoms with van der Waals surface area (Å²) in [6.07, 6.45) is -11.1. The molecule has 0 saturated carbocycles. The second kappa shape index (κ2) is 12.1. The molecule has 3 heterocycles. The number of rotatable bonds is 8. The highest BCUT2D eigenvalue weighted by Gasteiger charge is 2.50. The molecule has 0 aliphatic carbocycles. The lowest BCUT2D eigenvalue weighted by atomic mass is 9.91. The van der Waals surface area contributed by atoms with Gasteiger partial charge in [-0.25, -0.2) is 0 Å². The molecule has 14 heteroatoms. The summed E-state index contributed by atoms with van der Waals surface area (Å²) in [6.45, 7) is 1.85. The summed E-state index contributed by atoms with van der Waals surface area (Å²) in [5, 5.41) is 71.4. The Morgan fingerprint density at radius 1 is 1.00 bits per heavy atom. The van der Waals surface area contributed by atoms with Crippen LogP contribution in [0.5, 0.6) is 23.0 Å². The van der Waals surface area contributed by atoms with Crippen LogP contribution in [0.25, 0.3) is 0 Å². The topological polar surface area (TPSA) is 214 Å². The number of Topliss-reactive ketones (excluding diaryl/α,β-unsaturated/α-hetero) is 1. The summed E-state index contributed by atoms with van der Waals surface area (Å²) in [7, 11) is 1.47. The van der Waals surface area contributed by atoms with Crippen molar-refractivity contribution in [2.24, 2.45) is 0 Å². The van der Waals surface area contributed by atoms with Crippen molar-refractivity contribution in [2.45, 2.75) is 75.1 Å². The van der Waals surface area contributed by atoms with Gasteiger partial charge in [-0.15, -0.1) is 0 Å². The van der Waals surface area contributed by atoms with Gasteiger partial charge in [0.25, 0.3) is 0 Å². The molecule has 5 rings (SSSR count). The maximum Gasteiger partial charge on any atom is 0.229 e. The number of aliphatic hydroxyl groups excluding tert-OH is 5. The molecule has 0 bridgehead atoms. The predicted molar refractivity (Wildman–Crippen MR) is 144 cm³/mol. The lowest BCUT2D eigenvalue weighted by Gasteiger charge is -2.40. The molecule has 3 aliphatic rings. The Bertz CT molecular complexity index is 1330. The van der Waals surface area contributed by atoms with Gasteiger partial charge in [0, 0.05) is 11.1 Å². The van der Waals surface area contributed by atoms with E-state index in [1.54, 1.807) is 38.1 Å². The standard InChI is InChI=1S/C29H36O14/c1-12-20(32)19-16(31)8-17(42-25(19)13(2)24(12)38-3)14-4-6-15(7-5-14)41-27-23(35)22(34)21(33)18(43-27)9-39-28-26(36)29(37,10-30)11-40-28/h4-7,17-18,21-23,26-28,30,32-37H,8-11H2,1-3H3/t17?,18-,21-,22+,23-,26+,27-,28-,29-/m1/s1. The molecule has 43 heavy (non-hydrogen) atoms. The van der Waals surface area contributed by atoms with E-state index in [0.717, 1.165) is 0 Å². The molecule has 0 aromatic heterocycles. The highest BCUT2D eigenvalue weighted by atomic mass is 16.7. The molecule has 0 amide bonds. The predicted octanol–water partition coefficient (Wildman–Crippen LogP) is -0.632. The number of ether oxygens (including phenoxy) is 6. The maximum atomic E-state index is 13.0. The number of aromatic hydroxyl groups is 1. The summed E-state index contributed by atoms with van der Waals surface area (Å²) in [4.78, 5) is 13.0. The number of phenolic OH excluding ortho intramolecular Hbond substituents is 1. The average molecular weight is 609 g/mol. The van der Waals surface area contributed by atoms with E-state index >= 15 is 0 Å². The molecule has 0 radical (unpaired) electrons. The fourth-order valence-corrected chi connectivity index (χ4v) is 5.50. The van der Waals surface area contributed by atoms with Gasteiger partial charge in [-0.05, 0) is 31.5 Å². The van der Waals surface area contributed by atoms with E-state index in [1.165, 1.54) is 7.11 Å². The Balaban J connectivity index is 1.25. The van der Waals surface area contributed by atoms with Gasteiger partial charge in [-0.1, -0.05) is 12.1 Å². The first-order valence-corrected chi connectivity index (χ1v) is 13.7. The van der Waals surface area contributed by atoms with Gasteiger partial charge in [0.2, 0.25) is 6.29 Å². The number of hydrogen-bond donors (Lipinski definition) is 7. The van der Waals surface area contributed by atoms with Gasteiger partial charge in [-0.2, -0.15) is 0 Å². The summed E-state index contributed by atoms with van der Waals surface area (Å²) < 4.78 is 33.5. The number of carbonyl (C=O) groups excluding carboxylic acids is 1. The Morgan fingerprint density at radius 2 is 1.70 bits per heavy atom. The third-order valence-corrected chi connectivity index (χ3v) is 8.13. The summed E-state index contributed by atoms with van der Waals surface area (Å²) in [5.41, 5.74) is -0.114. The van der Waals surface area contributed by atoms with Crippen molar-refractivity contribution in [3.05, 3.63) is 46.5 Å². The van der Waals surface area contributed by atoms with Gasteiger partial charge in [0.05, 0.1) is 33.4 Å². The van der Waals surface area contributed by atoms with Crippen molar-refractivity contribution < 1.29 is 69.0 Å². The Hall–Kier alpha value is -3.05. The van der Waals surface area contributed by atoms with Gasteiger partial charge in [0.15, 0.2) is 12.1 Å². The van der Waals surface area contributed by atoms with Crippen LogP contribution < -0.4 is 14.2 Å². The van der Waals surface area contributed by atoms with Crippen LogP contribution >= 0.6 is 0 Å². The minimum absolute atomic E-state index is 0.0166. The van der Waals surface area contributed by atoms with Crippen LogP contribution in [0.3, 0.4) is 0 Å². The highest BCUT2D eigenvalue weighted by Crippen LogP contribution is 2.47. The van der Waals surface area contributed by atoms with Crippen LogP contribution in [0.2, 0.25) is 0 Å². The minimum Gasteiger partial charge on any atom is -0.507 e. The lowest BCUT2D eigenvalue weighted by molar-refractivity contribution is -0.289. The van der Waals surface area contributed by atoms with E-state index in [-0.39, 0.29) is 41.6 Å². The zero-order valence-electron chi connectivity index (χ0n) is 23.7.